The van der Waals surface area contributed by atoms with Gasteiger partial charge in [-0.2, -0.15) is 0 Å². The molecule has 1 saturated heterocycles. The van der Waals surface area contributed by atoms with Gasteiger partial charge in [0.15, 0.2) is 0 Å². The van der Waals surface area contributed by atoms with Gasteiger partial charge in [-0.25, -0.2) is 4.79 Å². The van der Waals surface area contributed by atoms with E-state index in [0.29, 0.717) is 24.9 Å². The standard InChI is InChI=1S/C22H29N3O5/c1-2-15-9-10-16-18(14-15)24(13-7-5-3-4-6-8-20(27)28)22(30)25(16)17-11-12-19(26)23-21(17)29/h9-10,14,17H,2-8,11-13H2,1H3,(H,27,28)(H,23,26,29). The maximum absolute atomic E-state index is 13.3. The maximum Gasteiger partial charge on any atom is 0.329 e. The van der Waals surface area contributed by atoms with Crippen LogP contribution in [0.2, 0.25) is 0 Å². The lowest BCUT2D eigenvalue weighted by Gasteiger charge is -2.21. The molecule has 0 saturated carbocycles. The van der Waals surface area contributed by atoms with E-state index < -0.39 is 17.9 Å². The molecule has 0 spiro atoms. The number of imide groups is 1. The summed E-state index contributed by atoms with van der Waals surface area (Å²) in [4.78, 5) is 47.7. The van der Waals surface area contributed by atoms with Crippen molar-refractivity contribution in [2.45, 2.75) is 77.3 Å². The molecule has 0 bridgehead atoms. The van der Waals surface area contributed by atoms with E-state index in [0.717, 1.165) is 43.2 Å². The monoisotopic (exact) mass is 415 g/mol. The molecular weight excluding hydrogens is 386 g/mol. The number of aromatic nitrogens is 2. The summed E-state index contributed by atoms with van der Waals surface area (Å²) in [5.41, 5.74) is 2.42. The zero-order chi connectivity index (χ0) is 21.7. The molecular formula is C22H29N3O5. The first-order valence-electron chi connectivity index (χ1n) is 10.7. The van der Waals surface area contributed by atoms with Crippen LogP contribution >= 0.6 is 0 Å². The second-order valence-corrected chi connectivity index (χ2v) is 7.86. The second-order valence-electron chi connectivity index (χ2n) is 7.86. The highest BCUT2D eigenvalue weighted by atomic mass is 16.4. The lowest BCUT2D eigenvalue weighted by molar-refractivity contribution is -0.137. The minimum atomic E-state index is -0.769. The molecule has 8 nitrogen and oxygen atoms in total. The normalized spacial score (nSPS) is 16.8. The van der Waals surface area contributed by atoms with Gasteiger partial charge in [0.05, 0.1) is 11.0 Å². The molecule has 162 valence electrons. The molecule has 1 aliphatic rings. The van der Waals surface area contributed by atoms with Gasteiger partial charge in [-0.05, 0) is 43.4 Å². The Labute approximate surface area is 174 Å². The second kappa shape index (κ2) is 9.73. The van der Waals surface area contributed by atoms with Crippen molar-refractivity contribution in [2.75, 3.05) is 0 Å². The number of carboxylic acid groups (broad SMARTS) is 1. The number of carboxylic acids is 1. The van der Waals surface area contributed by atoms with Gasteiger partial charge in [0, 0.05) is 19.4 Å². The third-order valence-corrected chi connectivity index (χ3v) is 5.73. The van der Waals surface area contributed by atoms with Crippen molar-refractivity contribution in [1.29, 1.82) is 0 Å². The molecule has 0 aliphatic carbocycles. The van der Waals surface area contributed by atoms with Gasteiger partial charge in [-0.1, -0.05) is 32.3 Å². The zero-order valence-electron chi connectivity index (χ0n) is 17.4. The summed E-state index contributed by atoms with van der Waals surface area (Å²) < 4.78 is 3.26. The smallest absolute Gasteiger partial charge is 0.329 e. The number of piperidine rings is 1. The Bertz CT molecular complexity index is 1000. The Morgan fingerprint density at radius 2 is 1.83 bits per heavy atom. The van der Waals surface area contributed by atoms with Gasteiger partial charge < -0.3 is 5.11 Å². The first-order valence-corrected chi connectivity index (χ1v) is 10.7. The highest BCUT2D eigenvalue weighted by molar-refractivity contribution is 6.00. The molecule has 1 atom stereocenters. The third-order valence-electron chi connectivity index (χ3n) is 5.73. The van der Waals surface area contributed by atoms with Gasteiger partial charge in [0.2, 0.25) is 11.8 Å². The molecule has 1 aliphatic heterocycles. The first-order chi connectivity index (χ1) is 14.4. The topological polar surface area (TPSA) is 110 Å². The number of carbonyl (C=O) groups excluding carboxylic acids is 2. The van der Waals surface area contributed by atoms with Gasteiger partial charge in [-0.3, -0.25) is 28.8 Å². The zero-order valence-corrected chi connectivity index (χ0v) is 17.4. The summed E-state index contributed by atoms with van der Waals surface area (Å²) in [6, 6.07) is 5.19. The van der Waals surface area contributed by atoms with Crippen molar-refractivity contribution >= 4 is 28.8 Å². The number of unbranched alkanes of at least 4 members (excludes halogenated alkanes) is 4. The number of imidazole rings is 1. The number of carbonyl (C=O) groups is 3. The van der Waals surface area contributed by atoms with Crippen molar-refractivity contribution in [3.63, 3.8) is 0 Å². The molecule has 1 unspecified atom stereocenters. The predicted octanol–water partition coefficient (Wildman–Crippen LogP) is 2.77. The van der Waals surface area contributed by atoms with Gasteiger partial charge in [0.25, 0.3) is 0 Å². The van der Waals surface area contributed by atoms with Crippen LogP contribution in [0.1, 0.15) is 69.9 Å². The lowest BCUT2D eigenvalue weighted by atomic mass is 10.1. The number of hydrogen-bond donors (Lipinski definition) is 2. The number of nitrogens with zero attached hydrogens (tertiary/aromatic N) is 2. The fraction of sp³-hybridized carbons (Fsp3) is 0.545. The van der Waals surface area contributed by atoms with Crippen LogP contribution in [0.15, 0.2) is 23.0 Å². The van der Waals surface area contributed by atoms with Crippen LogP contribution in [0.25, 0.3) is 11.0 Å². The summed E-state index contributed by atoms with van der Waals surface area (Å²) in [7, 11) is 0. The van der Waals surface area contributed by atoms with Gasteiger partial charge in [0.1, 0.15) is 6.04 Å². The van der Waals surface area contributed by atoms with Gasteiger partial charge in [-0.15, -0.1) is 0 Å². The molecule has 2 aromatic rings. The Morgan fingerprint density at radius 1 is 1.10 bits per heavy atom. The highest BCUT2D eigenvalue weighted by Crippen LogP contribution is 2.24. The molecule has 2 N–H and O–H groups in total. The summed E-state index contributed by atoms with van der Waals surface area (Å²) in [6.45, 7) is 2.60. The first kappa shape index (κ1) is 21.8. The van der Waals surface area contributed by atoms with E-state index in [-0.39, 0.29) is 24.4 Å². The lowest BCUT2D eigenvalue weighted by Crippen LogP contribution is -2.44. The summed E-state index contributed by atoms with van der Waals surface area (Å²) in [5, 5.41) is 11.0. The number of aryl methyl sites for hydroxylation is 2. The number of rotatable bonds is 10. The minimum absolute atomic E-state index is 0.193. The number of hydrogen-bond acceptors (Lipinski definition) is 4. The van der Waals surface area contributed by atoms with Crippen molar-refractivity contribution in [3.8, 4) is 0 Å². The minimum Gasteiger partial charge on any atom is -0.481 e. The quantitative estimate of drug-likeness (QED) is 0.458. The van der Waals surface area contributed by atoms with Crippen molar-refractivity contribution < 1.29 is 19.5 Å². The van der Waals surface area contributed by atoms with E-state index in [1.165, 1.54) is 4.57 Å². The average molecular weight is 415 g/mol. The summed E-state index contributed by atoms with van der Waals surface area (Å²) in [6.07, 6.45) is 5.75. The Balaban J connectivity index is 1.80. The number of aliphatic carboxylic acids is 1. The van der Waals surface area contributed by atoms with Crippen LogP contribution in [0, 0.1) is 0 Å². The molecule has 3 rings (SSSR count). The fourth-order valence-electron chi connectivity index (χ4n) is 4.07. The van der Waals surface area contributed by atoms with Gasteiger partial charge >= 0.3 is 11.7 Å². The fourth-order valence-corrected chi connectivity index (χ4v) is 4.07. The highest BCUT2D eigenvalue weighted by Gasteiger charge is 2.31. The van der Waals surface area contributed by atoms with E-state index in [9.17, 15) is 19.2 Å². The third kappa shape index (κ3) is 4.80. The van der Waals surface area contributed by atoms with E-state index >= 15 is 0 Å². The Hall–Kier alpha value is -2.90. The van der Waals surface area contributed by atoms with E-state index in [1.807, 2.05) is 18.2 Å². The average Bonchev–Trinajstić information content (AvgIpc) is 2.98. The number of benzene rings is 1. The van der Waals surface area contributed by atoms with Crippen LogP contribution in [0.5, 0.6) is 0 Å². The molecule has 30 heavy (non-hydrogen) atoms. The molecule has 1 aromatic heterocycles. The molecule has 1 fully saturated rings. The van der Waals surface area contributed by atoms with Crippen LogP contribution < -0.4 is 11.0 Å². The molecule has 0 radical (unpaired) electrons. The largest absolute Gasteiger partial charge is 0.481 e. The Kier molecular flexibility index (Phi) is 7.07. The molecule has 2 amide bonds. The van der Waals surface area contributed by atoms with E-state index in [2.05, 4.69) is 12.2 Å². The van der Waals surface area contributed by atoms with Crippen LogP contribution in [-0.2, 0) is 27.3 Å². The molecule has 8 heteroatoms. The summed E-state index contributed by atoms with van der Waals surface area (Å²) in [5.74, 6) is -1.50. The van der Waals surface area contributed by atoms with Crippen molar-refractivity contribution in [2.24, 2.45) is 0 Å². The molecule has 1 aromatic carbocycles. The van der Waals surface area contributed by atoms with Crippen LogP contribution in [-0.4, -0.2) is 32.0 Å². The van der Waals surface area contributed by atoms with E-state index in [4.69, 9.17) is 5.11 Å². The van der Waals surface area contributed by atoms with Crippen LogP contribution in [0.3, 0.4) is 0 Å². The predicted molar refractivity (Wildman–Crippen MR) is 112 cm³/mol. The van der Waals surface area contributed by atoms with E-state index in [1.54, 1.807) is 4.57 Å². The number of nitrogens with one attached hydrogen (secondary N) is 1. The maximum atomic E-state index is 13.3. The van der Waals surface area contributed by atoms with Crippen molar-refractivity contribution in [1.82, 2.24) is 14.5 Å². The molecule has 2 heterocycles. The Morgan fingerprint density at radius 3 is 2.53 bits per heavy atom. The van der Waals surface area contributed by atoms with Crippen LogP contribution in [0.4, 0.5) is 0 Å². The van der Waals surface area contributed by atoms with Crippen molar-refractivity contribution in [3.05, 3.63) is 34.2 Å². The SMILES string of the molecule is CCc1ccc2c(c1)n(CCCCCCCC(=O)O)c(=O)n2C1CCC(=O)NC1=O. The summed E-state index contributed by atoms with van der Waals surface area (Å²) >= 11 is 0. The number of fused-ring (bicyclic) bond motifs is 1. The number of amides is 2.